The summed E-state index contributed by atoms with van der Waals surface area (Å²) in [4.78, 5) is 13.8. The number of benzene rings is 1. The third kappa shape index (κ3) is 3.27. The predicted octanol–water partition coefficient (Wildman–Crippen LogP) is 1.06. The molecule has 1 heterocycles. The van der Waals surface area contributed by atoms with Crippen molar-refractivity contribution in [2.75, 3.05) is 32.0 Å². The standard InChI is InChI=1S/C13H18FN3O/c1-17(10-8-15-9-10)7-6-13(18)16-12-5-3-2-4-11(12)14/h2-5,10,15H,6-9H2,1H3,(H,16,18). The van der Waals surface area contributed by atoms with Crippen molar-refractivity contribution < 1.29 is 9.18 Å². The molecule has 0 atom stereocenters. The van der Waals surface area contributed by atoms with Crippen molar-refractivity contribution in [3.05, 3.63) is 30.1 Å². The zero-order chi connectivity index (χ0) is 13.0. The van der Waals surface area contributed by atoms with Gasteiger partial charge in [-0.3, -0.25) is 4.79 Å². The molecule has 2 N–H and O–H groups in total. The number of nitrogens with zero attached hydrogens (tertiary/aromatic N) is 1. The average Bonchev–Trinajstić information content (AvgIpc) is 2.27. The van der Waals surface area contributed by atoms with E-state index in [4.69, 9.17) is 0 Å². The predicted molar refractivity (Wildman–Crippen MR) is 68.9 cm³/mol. The minimum absolute atomic E-state index is 0.153. The molecule has 0 unspecified atom stereocenters. The van der Waals surface area contributed by atoms with E-state index < -0.39 is 5.82 Å². The maximum Gasteiger partial charge on any atom is 0.225 e. The molecule has 0 bridgehead atoms. The Balaban J connectivity index is 1.76. The number of hydrogen-bond donors (Lipinski definition) is 2. The Morgan fingerprint density at radius 2 is 2.22 bits per heavy atom. The first-order chi connectivity index (χ1) is 8.66. The number of rotatable bonds is 5. The summed E-state index contributed by atoms with van der Waals surface area (Å²) in [5.41, 5.74) is 0.246. The van der Waals surface area contributed by atoms with Crippen LogP contribution in [0.2, 0.25) is 0 Å². The SMILES string of the molecule is CN(CCC(=O)Nc1ccccc1F)C1CNC1. The number of carbonyl (C=O) groups excluding carboxylic acids is 1. The summed E-state index contributed by atoms with van der Waals surface area (Å²) >= 11 is 0. The number of anilines is 1. The number of halogens is 1. The summed E-state index contributed by atoms with van der Waals surface area (Å²) in [6.45, 7) is 2.64. The van der Waals surface area contributed by atoms with Gasteiger partial charge in [0.05, 0.1) is 5.69 Å². The fourth-order valence-corrected chi connectivity index (χ4v) is 1.82. The zero-order valence-electron chi connectivity index (χ0n) is 10.4. The highest BCUT2D eigenvalue weighted by Gasteiger charge is 2.21. The first-order valence-corrected chi connectivity index (χ1v) is 6.12. The van der Waals surface area contributed by atoms with E-state index >= 15 is 0 Å². The monoisotopic (exact) mass is 251 g/mol. The molecule has 1 aromatic rings. The van der Waals surface area contributed by atoms with E-state index in [-0.39, 0.29) is 11.6 Å². The molecule has 1 saturated heterocycles. The normalized spacial score (nSPS) is 15.5. The number of likely N-dealkylation sites (N-methyl/N-ethyl adjacent to an activating group) is 1. The van der Waals surface area contributed by atoms with Gasteiger partial charge in [0.25, 0.3) is 0 Å². The lowest BCUT2D eigenvalue weighted by molar-refractivity contribution is -0.116. The second-order valence-corrected chi connectivity index (χ2v) is 4.57. The van der Waals surface area contributed by atoms with Crippen LogP contribution in [0.3, 0.4) is 0 Å². The Morgan fingerprint density at radius 3 is 2.83 bits per heavy atom. The number of nitrogens with one attached hydrogen (secondary N) is 2. The van der Waals surface area contributed by atoms with Crippen LogP contribution in [0, 0.1) is 5.82 Å². The zero-order valence-corrected chi connectivity index (χ0v) is 10.4. The van der Waals surface area contributed by atoms with E-state index in [0.717, 1.165) is 13.1 Å². The van der Waals surface area contributed by atoms with Gasteiger partial charge >= 0.3 is 0 Å². The average molecular weight is 251 g/mol. The van der Waals surface area contributed by atoms with Crippen LogP contribution in [-0.4, -0.2) is 43.5 Å². The molecule has 1 fully saturated rings. The van der Waals surface area contributed by atoms with Gasteiger partial charge in [0.15, 0.2) is 0 Å². The Bertz CT molecular complexity index is 420. The van der Waals surface area contributed by atoms with Crippen LogP contribution in [0.15, 0.2) is 24.3 Å². The second kappa shape index (κ2) is 5.93. The molecule has 1 amide bonds. The van der Waals surface area contributed by atoms with Gasteiger partial charge < -0.3 is 15.5 Å². The van der Waals surface area contributed by atoms with Crippen LogP contribution in [0.1, 0.15) is 6.42 Å². The Morgan fingerprint density at radius 1 is 1.50 bits per heavy atom. The van der Waals surface area contributed by atoms with Gasteiger partial charge in [-0.2, -0.15) is 0 Å². The summed E-state index contributed by atoms with van der Waals surface area (Å²) in [5.74, 6) is -0.554. The molecular formula is C13H18FN3O. The summed E-state index contributed by atoms with van der Waals surface area (Å²) in [6, 6.07) is 6.72. The lowest BCUT2D eigenvalue weighted by atomic mass is 10.1. The lowest BCUT2D eigenvalue weighted by Crippen LogP contribution is -2.56. The van der Waals surface area contributed by atoms with Crippen molar-refractivity contribution in [3.8, 4) is 0 Å². The second-order valence-electron chi connectivity index (χ2n) is 4.57. The van der Waals surface area contributed by atoms with E-state index in [1.165, 1.54) is 6.07 Å². The maximum absolute atomic E-state index is 13.3. The molecule has 0 saturated carbocycles. The number of carbonyl (C=O) groups is 1. The van der Waals surface area contributed by atoms with Gasteiger partial charge in [-0.25, -0.2) is 4.39 Å². The van der Waals surface area contributed by atoms with Gasteiger partial charge in [0, 0.05) is 32.1 Å². The molecule has 0 aliphatic carbocycles. The molecule has 0 radical (unpaired) electrons. The van der Waals surface area contributed by atoms with Gasteiger partial charge in [-0.15, -0.1) is 0 Å². The maximum atomic E-state index is 13.3. The molecule has 0 spiro atoms. The van der Waals surface area contributed by atoms with Crippen molar-refractivity contribution >= 4 is 11.6 Å². The van der Waals surface area contributed by atoms with Gasteiger partial charge in [-0.05, 0) is 19.2 Å². The molecule has 1 aliphatic heterocycles. The number of para-hydroxylation sites is 1. The molecule has 1 aromatic carbocycles. The summed E-state index contributed by atoms with van der Waals surface area (Å²) in [5, 5.41) is 5.77. The summed E-state index contributed by atoms with van der Waals surface area (Å²) < 4.78 is 13.3. The third-order valence-electron chi connectivity index (χ3n) is 3.22. The van der Waals surface area contributed by atoms with E-state index in [2.05, 4.69) is 15.5 Å². The van der Waals surface area contributed by atoms with Crippen LogP contribution in [0.4, 0.5) is 10.1 Å². The van der Waals surface area contributed by atoms with Crippen LogP contribution in [0.25, 0.3) is 0 Å². The lowest BCUT2D eigenvalue weighted by Gasteiger charge is -2.35. The van der Waals surface area contributed by atoms with Crippen molar-refractivity contribution in [3.63, 3.8) is 0 Å². The first-order valence-electron chi connectivity index (χ1n) is 6.12. The number of amides is 1. The minimum atomic E-state index is -0.401. The summed E-state index contributed by atoms with van der Waals surface area (Å²) in [7, 11) is 2.00. The minimum Gasteiger partial charge on any atom is -0.324 e. The van der Waals surface area contributed by atoms with Crippen LogP contribution < -0.4 is 10.6 Å². The van der Waals surface area contributed by atoms with Gasteiger partial charge in [-0.1, -0.05) is 12.1 Å². The van der Waals surface area contributed by atoms with Gasteiger partial charge in [0.2, 0.25) is 5.91 Å². The Kier molecular flexibility index (Phi) is 4.28. The van der Waals surface area contributed by atoms with Crippen molar-refractivity contribution in [1.29, 1.82) is 0 Å². The van der Waals surface area contributed by atoms with Crippen molar-refractivity contribution in [2.24, 2.45) is 0 Å². The highest BCUT2D eigenvalue weighted by molar-refractivity contribution is 5.90. The Hall–Kier alpha value is -1.46. The van der Waals surface area contributed by atoms with E-state index in [0.29, 0.717) is 19.0 Å². The highest BCUT2D eigenvalue weighted by Crippen LogP contribution is 2.12. The Labute approximate surface area is 106 Å². The van der Waals surface area contributed by atoms with Crippen LogP contribution in [-0.2, 0) is 4.79 Å². The summed E-state index contributed by atoms with van der Waals surface area (Å²) in [6.07, 6.45) is 0.376. The van der Waals surface area contributed by atoms with E-state index in [1.807, 2.05) is 7.05 Å². The van der Waals surface area contributed by atoms with Crippen molar-refractivity contribution in [2.45, 2.75) is 12.5 Å². The molecular weight excluding hydrogens is 233 g/mol. The van der Waals surface area contributed by atoms with Crippen LogP contribution in [0.5, 0.6) is 0 Å². The first kappa shape index (κ1) is 13.0. The fraction of sp³-hybridized carbons (Fsp3) is 0.462. The molecule has 5 heteroatoms. The third-order valence-corrected chi connectivity index (χ3v) is 3.22. The molecule has 18 heavy (non-hydrogen) atoms. The molecule has 98 valence electrons. The fourth-order valence-electron chi connectivity index (χ4n) is 1.82. The molecule has 1 aliphatic rings. The van der Waals surface area contributed by atoms with Crippen LogP contribution >= 0.6 is 0 Å². The smallest absolute Gasteiger partial charge is 0.225 e. The largest absolute Gasteiger partial charge is 0.324 e. The molecule has 0 aromatic heterocycles. The molecule has 2 rings (SSSR count). The van der Waals surface area contributed by atoms with Gasteiger partial charge in [0.1, 0.15) is 5.82 Å². The topological polar surface area (TPSA) is 44.4 Å². The number of hydrogen-bond acceptors (Lipinski definition) is 3. The quantitative estimate of drug-likeness (QED) is 0.822. The van der Waals surface area contributed by atoms with E-state index in [9.17, 15) is 9.18 Å². The van der Waals surface area contributed by atoms with Crippen molar-refractivity contribution in [1.82, 2.24) is 10.2 Å². The molecule has 4 nitrogen and oxygen atoms in total. The van der Waals surface area contributed by atoms with E-state index in [1.54, 1.807) is 18.2 Å². The highest BCUT2D eigenvalue weighted by atomic mass is 19.1.